The minimum absolute atomic E-state index is 1.15. The Morgan fingerprint density at radius 1 is 0.867 bits per heavy atom. The van der Waals surface area contributed by atoms with E-state index in [4.69, 9.17) is 0 Å². The van der Waals surface area contributed by atoms with Gasteiger partial charge in [-0.15, -0.1) is 0 Å². The van der Waals surface area contributed by atoms with Crippen LogP contribution in [0.25, 0.3) is 12.2 Å². The van der Waals surface area contributed by atoms with E-state index in [1.54, 1.807) is 0 Å². The zero-order valence-corrected chi connectivity index (χ0v) is 9.81. The maximum absolute atomic E-state index is 3.37. The molecule has 0 bridgehead atoms. The van der Waals surface area contributed by atoms with Crippen LogP contribution in [0.4, 0.5) is 0 Å². The van der Waals surface area contributed by atoms with Gasteiger partial charge >= 0.3 is 0 Å². The molecule has 0 unspecified atom stereocenters. The number of H-pyrrole nitrogens is 1. The lowest BCUT2D eigenvalue weighted by Gasteiger charge is -1.92. The maximum atomic E-state index is 3.37. The van der Waals surface area contributed by atoms with Gasteiger partial charge in [0.05, 0.1) is 0 Å². The topological polar surface area (TPSA) is 39.9 Å². The molecular weight excluding hydrogens is 186 g/mol. The van der Waals surface area contributed by atoms with Gasteiger partial charge in [-0.05, 0) is 49.5 Å². The fourth-order valence-corrected chi connectivity index (χ4v) is 1.40. The molecule has 0 saturated heterocycles. The van der Waals surface area contributed by atoms with Gasteiger partial charge in [-0.25, -0.2) is 0 Å². The van der Waals surface area contributed by atoms with Crippen LogP contribution in [0.15, 0.2) is 12.4 Å². The molecule has 0 radical (unpaired) electrons. The number of aromatic amines is 1. The molecule has 0 atom stereocenters. The first-order chi connectivity index (χ1) is 7.20. The average molecular weight is 205 g/mol. The molecule has 3 N–H and O–H groups in total. The molecule has 0 saturated carbocycles. The van der Waals surface area contributed by atoms with Crippen molar-refractivity contribution in [1.82, 2.24) is 15.6 Å². The molecular formula is C12H19N3. The highest BCUT2D eigenvalue weighted by Crippen LogP contribution is 2.19. The van der Waals surface area contributed by atoms with Crippen LogP contribution >= 0.6 is 0 Å². The number of nitrogens with one attached hydrogen (secondary N) is 3. The summed E-state index contributed by atoms with van der Waals surface area (Å²) in [6.07, 6.45) is 7.92. The molecule has 82 valence electrons. The van der Waals surface area contributed by atoms with Gasteiger partial charge in [0.15, 0.2) is 0 Å². The summed E-state index contributed by atoms with van der Waals surface area (Å²) in [6, 6.07) is 0. The molecule has 15 heavy (non-hydrogen) atoms. The Morgan fingerprint density at radius 3 is 1.60 bits per heavy atom. The average Bonchev–Trinajstić information content (AvgIpc) is 2.51. The minimum Gasteiger partial charge on any atom is -0.394 e. The van der Waals surface area contributed by atoms with Gasteiger partial charge in [-0.1, -0.05) is 0 Å². The molecule has 0 aliphatic rings. The predicted octanol–water partition coefficient (Wildman–Crippen LogP) is 2.01. The number of aromatic nitrogens is 1. The van der Waals surface area contributed by atoms with Crippen LogP contribution < -0.4 is 10.6 Å². The molecule has 3 heteroatoms. The second-order valence-electron chi connectivity index (χ2n) is 3.45. The van der Waals surface area contributed by atoms with Crippen molar-refractivity contribution < 1.29 is 0 Å². The molecule has 1 aromatic heterocycles. The predicted molar refractivity (Wildman–Crippen MR) is 66.5 cm³/mol. The van der Waals surface area contributed by atoms with Crippen molar-refractivity contribution >= 4 is 12.2 Å². The summed E-state index contributed by atoms with van der Waals surface area (Å²) in [5.41, 5.74) is 4.88. The van der Waals surface area contributed by atoms with Crippen molar-refractivity contribution in [3.63, 3.8) is 0 Å². The molecule has 0 amide bonds. The van der Waals surface area contributed by atoms with Crippen LogP contribution in [0.1, 0.15) is 22.5 Å². The van der Waals surface area contributed by atoms with Gasteiger partial charge in [0.2, 0.25) is 0 Å². The van der Waals surface area contributed by atoms with Crippen LogP contribution in [0.2, 0.25) is 0 Å². The van der Waals surface area contributed by atoms with E-state index in [1.807, 2.05) is 38.6 Å². The quantitative estimate of drug-likeness (QED) is 0.703. The lowest BCUT2D eigenvalue weighted by atomic mass is 10.1. The van der Waals surface area contributed by atoms with Crippen LogP contribution in [-0.4, -0.2) is 19.1 Å². The molecule has 1 aromatic rings. The Morgan fingerprint density at radius 2 is 1.27 bits per heavy atom. The fourth-order valence-electron chi connectivity index (χ4n) is 1.40. The molecule has 0 fully saturated rings. The van der Waals surface area contributed by atoms with Gasteiger partial charge in [0.25, 0.3) is 0 Å². The number of rotatable bonds is 4. The highest BCUT2D eigenvalue weighted by molar-refractivity contribution is 5.60. The molecule has 0 aliphatic heterocycles. The first kappa shape index (κ1) is 11.4. The normalized spacial score (nSPS) is 11.5. The Kier molecular flexibility index (Phi) is 4.03. The summed E-state index contributed by atoms with van der Waals surface area (Å²) in [5.74, 6) is 0. The highest BCUT2D eigenvalue weighted by Gasteiger charge is 2.05. The van der Waals surface area contributed by atoms with Crippen molar-refractivity contribution in [1.29, 1.82) is 0 Å². The van der Waals surface area contributed by atoms with E-state index in [9.17, 15) is 0 Å². The van der Waals surface area contributed by atoms with E-state index >= 15 is 0 Å². The van der Waals surface area contributed by atoms with E-state index in [1.165, 1.54) is 11.1 Å². The van der Waals surface area contributed by atoms with E-state index in [-0.39, 0.29) is 0 Å². The summed E-state index contributed by atoms with van der Waals surface area (Å²) < 4.78 is 0. The highest BCUT2D eigenvalue weighted by atomic mass is 14.8. The second-order valence-corrected chi connectivity index (χ2v) is 3.45. The first-order valence-electron chi connectivity index (χ1n) is 5.07. The molecule has 1 rings (SSSR count). The molecule has 0 aromatic carbocycles. The second kappa shape index (κ2) is 5.29. The Hall–Kier alpha value is -1.64. The number of hydrogen-bond acceptors (Lipinski definition) is 2. The van der Waals surface area contributed by atoms with Gasteiger partial charge in [-0.3, -0.25) is 0 Å². The first-order valence-corrected chi connectivity index (χ1v) is 5.07. The SMILES string of the molecule is CN/C=C\c1[nH]c(/C=C\NC)c(C)c1C. The van der Waals surface area contributed by atoms with Crippen LogP contribution in [0, 0.1) is 13.8 Å². The van der Waals surface area contributed by atoms with Crippen LogP contribution in [0.3, 0.4) is 0 Å². The monoisotopic (exact) mass is 205 g/mol. The van der Waals surface area contributed by atoms with Crippen LogP contribution in [0.5, 0.6) is 0 Å². The standard InChI is InChI=1S/C12H19N3/c1-9-10(2)12(6-8-14-4)15-11(9)5-7-13-3/h5-8,13-15H,1-4H3/b7-5-,8-6-. The van der Waals surface area contributed by atoms with Gasteiger partial charge in [0.1, 0.15) is 0 Å². The minimum atomic E-state index is 1.15. The van der Waals surface area contributed by atoms with E-state index in [0.29, 0.717) is 0 Å². The zero-order valence-electron chi connectivity index (χ0n) is 9.81. The number of hydrogen-bond donors (Lipinski definition) is 3. The van der Waals surface area contributed by atoms with Crippen LogP contribution in [-0.2, 0) is 0 Å². The largest absolute Gasteiger partial charge is 0.394 e. The summed E-state index contributed by atoms with van der Waals surface area (Å²) in [6.45, 7) is 4.25. The van der Waals surface area contributed by atoms with Gasteiger partial charge < -0.3 is 15.6 Å². The van der Waals surface area contributed by atoms with Crippen molar-refractivity contribution in [3.05, 3.63) is 34.9 Å². The van der Waals surface area contributed by atoms with E-state index < -0.39 is 0 Å². The van der Waals surface area contributed by atoms with Gasteiger partial charge in [0, 0.05) is 25.5 Å². The molecule has 3 nitrogen and oxygen atoms in total. The summed E-state index contributed by atoms with van der Waals surface area (Å²) in [4.78, 5) is 3.37. The van der Waals surface area contributed by atoms with E-state index in [2.05, 4.69) is 29.5 Å². The Balaban J connectivity index is 3.01. The summed E-state index contributed by atoms with van der Waals surface area (Å²) in [5, 5.41) is 5.97. The lowest BCUT2D eigenvalue weighted by molar-refractivity contribution is 1.11. The summed E-state index contributed by atoms with van der Waals surface area (Å²) >= 11 is 0. The zero-order chi connectivity index (χ0) is 11.3. The Bertz CT molecular complexity index is 338. The van der Waals surface area contributed by atoms with Crippen molar-refractivity contribution in [3.8, 4) is 0 Å². The van der Waals surface area contributed by atoms with Crippen molar-refractivity contribution in [2.75, 3.05) is 14.1 Å². The smallest absolute Gasteiger partial charge is 0.0431 e. The third kappa shape index (κ3) is 2.65. The van der Waals surface area contributed by atoms with Gasteiger partial charge in [-0.2, -0.15) is 0 Å². The fraction of sp³-hybridized carbons (Fsp3) is 0.333. The third-order valence-electron chi connectivity index (χ3n) is 2.47. The Labute approximate surface area is 91.3 Å². The molecule has 1 heterocycles. The third-order valence-corrected chi connectivity index (χ3v) is 2.47. The van der Waals surface area contributed by atoms with E-state index in [0.717, 1.165) is 11.4 Å². The molecule has 0 spiro atoms. The van der Waals surface area contributed by atoms with Crippen molar-refractivity contribution in [2.45, 2.75) is 13.8 Å². The summed E-state index contributed by atoms with van der Waals surface area (Å²) in [7, 11) is 3.78. The lowest BCUT2D eigenvalue weighted by Crippen LogP contribution is -1.91. The van der Waals surface area contributed by atoms with Crippen molar-refractivity contribution in [2.24, 2.45) is 0 Å². The maximum Gasteiger partial charge on any atom is 0.0431 e. The molecule has 0 aliphatic carbocycles.